The number of amides is 1. The van der Waals surface area contributed by atoms with Crippen LogP contribution in [0, 0.1) is 24.2 Å². The Morgan fingerprint density at radius 1 is 1.11 bits per heavy atom. The molecule has 4 heteroatoms. The zero-order chi connectivity index (χ0) is 19.8. The third-order valence-electron chi connectivity index (χ3n) is 5.29. The highest BCUT2D eigenvalue weighted by atomic mass is 16.2. The molecular weight excluding hydrogens is 346 g/mol. The zero-order valence-electron chi connectivity index (χ0n) is 16.4. The van der Waals surface area contributed by atoms with Crippen LogP contribution < -0.4 is 5.32 Å². The largest absolute Gasteiger partial charge is 0.386 e. The van der Waals surface area contributed by atoms with E-state index in [9.17, 15) is 10.1 Å². The number of likely N-dealkylation sites (tertiary alicyclic amines) is 1. The number of carbonyl (C=O) groups is 1. The highest BCUT2D eigenvalue weighted by Gasteiger charge is 2.25. The number of rotatable bonds is 6. The summed E-state index contributed by atoms with van der Waals surface area (Å²) in [7, 11) is 0. The van der Waals surface area contributed by atoms with Crippen LogP contribution in [0.25, 0.3) is 0 Å². The number of hydrogen-bond acceptors (Lipinski definition) is 3. The lowest BCUT2D eigenvalue weighted by Gasteiger charge is -2.32. The molecular formula is C24H27N3O. The smallest absolute Gasteiger partial charge is 0.265 e. The summed E-state index contributed by atoms with van der Waals surface area (Å²) < 4.78 is 0. The molecule has 1 saturated heterocycles. The summed E-state index contributed by atoms with van der Waals surface area (Å²) in [5.74, 6) is 0.428. The standard InChI is InChI=1S/C24H27N3O/c1-19-7-9-22(10-8-19)17-26-18-23(16-25)24(28)27-13-11-21(12-14-27)15-20-5-3-2-4-6-20/h2-10,18,21,26H,11-15,17H2,1H3/b23-18-. The van der Waals surface area contributed by atoms with E-state index in [0.29, 0.717) is 25.6 Å². The van der Waals surface area contributed by atoms with Crippen molar-refractivity contribution in [3.05, 3.63) is 83.1 Å². The van der Waals surface area contributed by atoms with Gasteiger partial charge < -0.3 is 10.2 Å². The Bertz CT molecular complexity index is 842. The van der Waals surface area contributed by atoms with Crippen molar-refractivity contribution in [3.63, 3.8) is 0 Å². The van der Waals surface area contributed by atoms with Crippen LogP contribution >= 0.6 is 0 Å². The van der Waals surface area contributed by atoms with Gasteiger partial charge in [-0.1, -0.05) is 60.2 Å². The minimum Gasteiger partial charge on any atom is -0.386 e. The van der Waals surface area contributed by atoms with E-state index in [4.69, 9.17) is 0 Å². The van der Waals surface area contributed by atoms with E-state index in [1.165, 1.54) is 11.1 Å². The van der Waals surface area contributed by atoms with Crippen LogP contribution in [0.2, 0.25) is 0 Å². The number of nitrogens with one attached hydrogen (secondary N) is 1. The third kappa shape index (κ3) is 5.47. The summed E-state index contributed by atoms with van der Waals surface area (Å²) in [6.07, 6.45) is 4.58. The van der Waals surface area contributed by atoms with E-state index < -0.39 is 0 Å². The molecule has 2 aromatic rings. The van der Waals surface area contributed by atoms with Gasteiger partial charge in [-0.3, -0.25) is 4.79 Å². The first-order chi connectivity index (χ1) is 13.7. The second-order valence-corrected chi connectivity index (χ2v) is 7.46. The zero-order valence-corrected chi connectivity index (χ0v) is 16.4. The molecule has 0 aromatic heterocycles. The van der Waals surface area contributed by atoms with Gasteiger partial charge in [-0.05, 0) is 43.2 Å². The van der Waals surface area contributed by atoms with E-state index in [2.05, 4.69) is 47.8 Å². The summed E-state index contributed by atoms with van der Waals surface area (Å²) in [4.78, 5) is 14.5. The molecule has 3 rings (SSSR count). The first-order valence-electron chi connectivity index (χ1n) is 9.88. The molecule has 1 heterocycles. The molecule has 0 unspecified atom stereocenters. The van der Waals surface area contributed by atoms with E-state index in [-0.39, 0.29) is 11.5 Å². The van der Waals surface area contributed by atoms with Crippen molar-refractivity contribution in [2.24, 2.45) is 5.92 Å². The fourth-order valence-corrected chi connectivity index (χ4v) is 3.58. The Morgan fingerprint density at radius 3 is 2.43 bits per heavy atom. The van der Waals surface area contributed by atoms with Gasteiger partial charge in [0.15, 0.2) is 0 Å². The van der Waals surface area contributed by atoms with Crippen LogP contribution in [0.5, 0.6) is 0 Å². The summed E-state index contributed by atoms with van der Waals surface area (Å²) in [5.41, 5.74) is 3.86. The van der Waals surface area contributed by atoms with Gasteiger partial charge in [0, 0.05) is 25.8 Å². The van der Waals surface area contributed by atoms with Crippen molar-refractivity contribution in [2.45, 2.75) is 32.7 Å². The molecule has 1 N–H and O–H groups in total. The fraction of sp³-hybridized carbons (Fsp3) is 0.333. The summed E-state index contributed by atoms with van der Waals surface area (Å²) in [6, 6.07) is 20.7. The molecule has 0 bridgehead atoms. The normalized spacial score (nSPS) is 15.1. The highest BCUT2D eigenvalue weighted by molar-refractivity contribution is 5.97. The second kappa shape index (κ2) is 9.75. The third-order valence-corrected chi connectivity index (χ3v) is 5.29. The Balaban J connectivity index is 1.49. The number of benzene rings is 2. The van der Waals surface area contributed by atoms with Gasteiger partial charge in [0.1, 0.15) is 11.6 Å². The number of nitriles is 1. The Hall–Kier alpha value is -3.06. The van der Waals surface area contributed by atoms with E-state index in [0.717, 1.165) is 24.8 Å². The number of hydrogen-bond donors (Lipinski definition) is 1. The first-order valence-corrected chi connectivity index (χ1v) is 9.88. The molecule has 4 nitrogen and oxygen atoms in total. The number of carbonyl (C=O) groups excluding carboxylic acids is 1. The highest BCUT2D eigenvalue weighted by Crippen LogP contribution is 2.22. The van der Waals surface area contributed by atoms with Crippen LogP contribution in [-0.2, 0) is 17.8 Å². The fourth-order valence-electron chi connectivity index (χ4n) is 3.58. The van der Waals surface area contributed by atoms with Gasteiger partial charge in [0.2, 0.25) is 0 Å². The van der Waals surface area contributed by atoms with Gasteiger partial charge in [-0.25, -0.2) is 0 Å². The van der Waals surface area contributed by atoms with E-state index in [1.54, 1.807) is 6.20 Å². The predicted molar refractivity (Wildman–Crippen MR) is 111 cm³/mol. The van der Waals surface area contributed by atoms with Crippen molar-refractivity contribution >= 4 is 5.91 Å². The van der Waals surface area contributed by atoms with Gasteiger partial charge in [-0.15, -0.1) is 0 Å². The lowest BCUT2D eigenvalue weighted by molar-refractivity contribution is -0.128. The van der Waals surface area contributed by atoms with Crippen molar-refractivity contribution in [2.75, 3.05) is 13.1 Å². The molecule has 0 aliphatic carbocycles. The molecule has 0 atom stereocenters. The average Bonchev–Trinajstić information content (AvgIpc) is 2.73. The molecule has 0 radical (unpaired) electrons. The number of aryl methyl sites for hydroxylation is 1. The molecule has 28 heavy (non-hydrogen) atoms. The Kier molecular flexibility index (Phi) is 6.86. The molecule has 0 spiro atoms. The quantitative estimate of drug-likeness (QED) is 0.616. The topological polar surface area (TPSA) is 56.1 Å². The summed E-state index contributed by atoms with van der Waals surface area (Å²) >= 11 is 0. The predicted octanol–water partition coefficient (Wildman–Crippen LogP) is 3.97. The molecule has 0 saturated carbocycles. The van der Waals surface area contributed by atoms with Gasteiger partial charge >= 0.3 is 0 Å². The van der Waals surface area contributed by atoms with Crippen LogP contribution in [-0.4, -0.2) is 23.9 Å². The lowest BCUT2D eigenvalue weighted by atomic mass is 9.90. The molecule has 1 amide bonds. The monoisotopic (exact) mass is 373 g/mol. The second-order valence-electron chi connectivity index (χ2n) is 7.46. The molecule has 2 aromatic carbocycles. The summed E-state index contributed by atoms with van der Waals surface area (Å²) in [6.45, 7) is 4.07. The minimum absolute atomic E-state index is 0.169. The number of nitrogens with zero attached hydrogens (tertiary/aromatic N) is 2. The van der Waals surface area contributed by atoms with Crippen LogP contribution in [0.4, 0.5) is 0 Å². The van der Waals surface area contributed by atoms with Crippen molar-refractivity contribution in [1.29, 1.82) is 5.26 Å². The van der Waals surface area contributed by atoms with Crippen LogP contribution in [0.1, 0.15) is 29.5 Å². The van der Waals surface area contributed by atoms with Crippen LogP contribution in [0.3, 0.4) is 0 Å². The molecule has 1 aliphatic rings. The maximum Gasteiger partial charge on any atom is 0.265 e. The van der Waals surface area contributed by atoms with Gasteiger partial charge in [0.25, 0.3) is 5.91 Å². The SMILES string of the molecule is Cc1ccc(CN/C=C(/C#N)C(=O)N2CCC(Cc3ccccc3)CC2)cc1. The maximum absolute atomic E-state index is 12.7. The van der Waals surface area contributed by atoms with E-state index in [1.807, 2.05) is 30.0 Å². The number of piperidine rings is 1. The van der Waals surface area contributed by atoms with E-state index >= 15 is 0 Å². The Labute approximate surface area is 167 Å². The van der Waals surface area contributed by atoms with Crippen molar-refractivity contribution in [3.8, 4) is 6.07 Å². The lowest BCUT2D eigenvalue weighted by Crippen LogP contribution is -2.39. The minimum atomic E-state index is -0.169. The molecule has 1 aliphatic heterocycles. The van der Waals surface area contributed by atoms with Crippen LogP contribution in [0.15, 0.2) is 66.4 Å². The van der Waals surface area contributed by atoms with Gasteiger partial charge in [-0.2, -0.15) is 5.26 Å². The van der Waals surface area contributed by atoms with Gasteiger partial charge in [0.05, 0.1) is 0 Å². The van der Waals surface area contributed by atoms with Crippen molar-refractivity contribution < 1.29 is 4.79 Å². The molecule has 144 valence electrons. The summed E-state index contributed by atoms with van der Waals surface area (Å²) in [5, 5.41) is 12.5. The van der Waals surface area contributed by atoms with Crippen molar-refractivity contribution in [1.82, 2.24) is 10.2 Å². The maximum atomic E-state index is 12.7. The Morgan fingerprint density at radius 2 is 1.79 bits per heavy atom. The molecule has 1 fully saturated rings. The average molecular weight is 374 g/mol. The first kappa shape index (κ1) is 19.7.